The summed E-state index contributed by atoms with van der Waals surface area (Å²) in [6.45, 7) is 2.74. The van der Waals surface area contributed by atoms with Crippen LogP contribution in [-0.2, 0) is 0 Å². The van der Waals surface area contributed by atoms with Crippen molar-refractivity contribution in [3.05, 3.63) is 59.3 Å². The standard InChI is InChI=1S/C27H34FN7O/c1-33(2)12-13-34(3)24-16-25(36-4)21(15-19(24)29)32-27-30-10-9-20(31-27)26-18-14-17(28)7-8-22(18)35-11-5-6-23(26)35/h7,9-10,14-16,22H,5-6,8,11-13,29H2,1-4H3,(H,30,31,32). The second-order valence-corrected chi connectivity index (χ2v) is 9.79. The molecule has 8 nitrogen and oxygen atoms in total. The minimum Gasteiger partial charge on any atom is -0.494 e. The Bertz CT molecular complexity index is 1250. The van der Waals surface area contributed by atoms with E-state index in [0.717, 1.165) is 55.0 Å². The number of anilines is 4. The second-order valence-electron chi connectivity index (χ2n) is 9.79. The van der Waals surface area contributed by atoms with Gasteiger partial charge in [0.2, 0.25) is 5.95 Å². The number of fused-ring (bicyclic) bond motifs is 3. The molecule has 2 aromatic rings. The molecule has 0 spiro atoms. The lowest BCUT2D eigenvalue weighted by Crippen LogP contribution is -2.29. The van der Waals surface area contributed by atoms with E-state index in [9.17, 15) is 4.39 Å². The lowest BCUT2D eigenvalue weighted by atomic mass is 9.92. The van der Waals surface area contributed by atoms with Crippen LogP contribution in [-0.4, -0.2) is 73.7 Å². The van der Waals surface area contributed by atoms with E-state index in [1.165, 1.54) is 5.70 Å². The minimum atomic E-state index is -0.177. The van der Waals surface area contributed by atoms with E-state index in [1.54, 1.807) is 25.5 Å². The first-order valence-electron chi connectivity index (χ1n) is 12.4. The van der Waals surface area contributed by atoms with E-state index in [-0.39, 0.29) is 11.9 Å². The van der Waals surface area contributed by atoms with Crippen LogP contribution in [0, 0.1) is 0 Å². The third-order valence-electron chi connectivity index (χ3n) is 7.10. The number of ether oxygens (including phenoxy) is 1. The zero-order valence-electron chi connectivity index (χ0n) is 21.4. The van der Waals surface area contributed by atoms with Gasteiger partial charge in [-0.2, -0.15) is 0 Å². The number of nitrogens with one attached hydrogen (secondary N) is 1. The Labute approximate surface area is 211 Å². The summed E-state index contributed by atoms with van der Waals surface area (Å²) in [5, 5.41) is 3.29. The van der Waals surface area contributed by atoms with Gasteiger partial charge in [-0.1, -0.05) is 0 Å². The van der Waals surface area contributed by atoms with Crippen LogP contribution in [0.2, 0.25) is 0 Å². The highest BCUT2D eigenvalue weighted by molar-refractivity contribution is 5.85. The van der Waals surface area contributed by atoms with Gasteiger partial charge in [0, 0.05) is 50.2 Å². The van der Waals surface area contributed by atoms with Crippen molar-refractivity contribution in [2.75, 3.05) is 63.8 Å². The van der Waals surface area contributed by atoms with Gasteiger partial charge in [0.25, 0.3) is 0 Å². The summed E-state index contributed by atoms with van der Waals surface area (Å²) < 4.78 is 19.9. The minimum absolute atomic E-state index is 0.177. The highest BCUT2D eigenvalue weighted by Crippen LogP contribution is 2.47. The number of likely N-dealkylation sites (N-methyl/N-ethyl adjacent to an activating group) is 2. The maximum absolute atomic E-state index is 14.2. The first-order chi connectivity index (χ1) is 17.4. The Morgan fingerprint density at radius 1 is 1.25 bits per heavy atom. The van der Waals surface area contributed by atoms with Gasteiger partial charge in [-0.15, -0.1) is 0 Å². The first-order valence-corrected chi connectivity index (χ1v) is 12.4. The Kier molecular flexibility index (Phi) is 6.57. The van der Waals surface area contributed by atoms with Gasteiger partial charge >= 0.3 is 0 Å². The van der Waals surface area contributed by atoms with Gasteiger partial charge in [0.15, 0.2) is 0 Å². The predicted molar refractivity (Wildman–Crippen MR) is 143 cm³/mol. The van der Waals surface area contributed by atoms with Crippen LogP contribution in [0.25, 0.3) is 5.57 Å². The number of hydrogen-bond acceptors (Lipinski definition) is 8. The van der Waals surface area contributed by atoms with Crippen LogP contribution >= 0.6 is 0 Å². The molecule has 1 saturated heterocycles. The normalized spacial score (nSPS) is 18.7. The molecule has 3 aliphatic rings. The summed E-state index contributed by atoms with van der Waals surface area (Å²) in [5.41, 5.74) is 12.8. The maximum Gasteiger partial charge on any atom is 0.227 e. The average molecular weight is 492 g/mol. The molecule has 190 valence electrons. The van der Waals surface area contributed by atoms with Gasteiger partial charge in [-0.3, -0.25) is 0 Å². The van der Waals surface area contributed by atoms with Gasteiger partial charge < -0.3 is 30.5 Å². The van der Waals surface area contributed by atoms with E-state index in [2.05, 4.69) is 25.0 Å². The van der Waals surface area contributed by atoms with Crippen molar-refractivity contribution in [1.82, 2.24) is 19.8 Å². The number of halogens is 1. The first kappa shape index (κ1) is 24.1. The van der Waals surface area contributed by atoms with E-state index in [4.69, 9.17) is 15.5 Å². The molecular formula is C27H34FN7O. The van der Waals surface area contributed by atoms with Crippen molar-refractivity contribution in [1.29, 1.82) is 0 Å². The highest BCUT2D eigenvalue weighted by atomic mass is 19.1. The fraction of sp³-hybridized carbons (Fsp3) is 0.407. The molecule has 0 amide bonds. The number of allylic oxidation sites excluding steroid dienone is 3. The Hall–Kier alpha value is -3.59. The molecule has 1 fully saturated rings. The smallest absolute Gasteiger partial charge is 0.227 e. The van der Waals surface area contributed by atoms with Crippen LogP contribution in [0.1, 0.15) is 25.0 Å². The molecule has 36 heavy (non-hydrogen) atoms. The van der Waals surface area contributed by atoms with Crippen LogP contribution in [0.3, 0.4) is 0 Å². The second kappa shape index (κ2) is 9.81. The fourth-order valence-electron chi connectivity index (χ4n) is 5.29. The van der Waals surface area contributed by atoms with Crippen molar-refractivity contribution < 1.29 is 9.13 Å². The number of methoxy groups -OCH3 is 1. The number of aromatic nitrogens is 2. The van der Waals surface area contributed by atoms with E-state index in [1.807, 2.05) is 39.3 Å². The third-order valence-corrected chi connectivity index (χ3v) is 7.10. The Morgan fingerprint density at radius 2 is 2.08 bits per heavy atom. The molecule has 0 radical (unpaired) electrons. The molecule has 3 heterocycles. The van der Waals surface area contributed by atoms with Crippen molar-refractivity contribution in [2.45, 2.75) is 25.3 Å². The lowest BCUT2D eigenvalue weighted by molar-refractivity contribution is 0.339. The van der Waals surface area contributed by atoms with Crippen LogP contribution in [0.15, 0.2) is 53.6 Å². The maximum atomic E-state index is 14.2. The van der Waals surface area contributed by atoms with Gasteiger partial charge in [-0.05, 0) is 63.2 Å². The van der Waals surface area contributed by atoms with Gasteiger partial charge in [0.1, 0.15) is 11.6 Å². The molecule has 1 unspecified atom stereocenters. The molecule has 2 aliphatic heterocycles. The topological polar surface area (TPSA) is 82.8 Å². The molecule has 3 N–H and O–H groups in total. The van der Waals surface area contributed by atoms with Crippen molar-refractivity contribution in [3.63, 3.8) is 0 Å². The predicted octanol–water partition coefficient (Wildman–Crippen LogP) is 4.18. The quantitative estimate of drug-likeness (QED) is 0.532. The van der Waals surface area contributed by atoms with Gasteiger partial charge in [-0.25, -0.2) is 14.4 Å². The number of benzene rings is 1. The zero-order chi connectivity index (χ0) is 25.4. The summed E-state index contributed by atoms with van der Waals surface area (Å²) in [5.74, 6) is 0.910. The molecule has 9 heteroatoms. The van der Waals surface area contributed by atoms with Crippen LogP contribution in [0.4, 0.5) is 27.4 Å². The number of nitrogen functional groups attached to an aromatic ring is 1. The Morgan fingerprint density at radius 3 is 2.86 bits per heavy atom. The molecule has 1 aromatic carbocycles. The number of rotatable bonds is 8. The summed E-state index contributed by atoms with van der Waals surface area (Å²) in [6.07, 6.45) is 7.85. The number of nitrogens with zero attached hydrogens (tertiary/aromatic N) is 5. The van der Waals surface area contributed by atoms with Crippen molar-refractivity contribution >= 4 is 28.6 Å². The molecule has 5 rings (SSSR count). The number of nitrogens with two attached hydrogens (primary N) is 1. The average Bonchev–Trinajstić information content (AvgIpc) is 3.43. The zero-order valence-corrected chi connectivity index (χ0v) is 21.4. The van der Waals surface area contributed by atoms with Crippen LogP contribution < -0.4 is 20.7 Å². The highest BCUT2D eigenvalue weighted by Gasteiger charge is 2.40. The molecule has 0 saturated carbocycles. The van der Waals surface area contributed by atoms with E-state index >= 15 is 0 Å². The van der Waals surface area contributed by atoms with E-state index in [0.29, 0.717) is 29.5 Å². The van der Waals surface area contributed by atoms with Crippen molar-refractivity contribution in [2.24, 2.45) is 0 Å². The molecule has 1 aromatic heterocycles. The SMILES string of the molecule is COc1cc(N(C)CCN(C)C)c(N)cc1Nc1nccc(C2=C3CCCN3C3CC=C(F)C=C23)n1. The lowest BCUT2D eigenvalue weighted by Gasteiger charge is -2.26. The van der Waals surface area contributed by atoms with Crippen molar-refractivity contribution in [3.8, 4) is 5.75 Å². The summed E-state index contributed by atoms with van der Waals surface area (Å²) in [6, 6.07) is 5.88. The molecular weight excluding hydrogens is 457 g/mol. The fourth-order valence-corrected chi connectivity index (χ4v) is 5.29. The summed E-state index contributed by atoms with van der Waals surface area (Å²) in [4.78, 5) is 15.9. The molecule has 1 aliphatic carbocycles. The van der Waals surface area contributed by atoms with E-state index < -0.39 is 0 Å². The summed E-state index contributed by atoms with van der Waals surface area (Å²) in [7, 11) is 7.74. The Balaban J connectivity index is 1.44. The summed E-state index contributed by atoms with van der Waals surface area (Å²) >= 11 is 0. The third kappa shape index (κ3) is 4.51. The largest absolute Gasteiger partial charge is 0.494 e. The van der Waals surface area contributed by atoms with Gasteiger partial charge in [0.05, 0.1) is 35.9 Å². The van der Waals surface area contributed by atoms with Crippen LogP contribution in [0.5, 0.6) is 5.75 Å². The molecule has 1 atom stereocenters. The number of hydrogen-bond donors (Lipinski definition) is 2. The monoisotopic (exact) mass is 491 g/mol. The molecule has 0 bridgehead atoms.